The topological polar surface area (TPSA) is 75.4 Å². The summed E-state index contributed by atoms with van der Waals surface area (Å²) >= 11 is 0. The molecule has 2 heterocycles. The van der Waals surface area contributed by atoms with Crippen molar-refractivity contribution < 1.29 is 14.7 Å². The number of carbonyl (C=O) groups is 2. The molecule has 0 bridgehead atoms. The summed E-state index contributed by atoms with van der Waals surface area (Å²) < 4.78 is 1.59. The normalized spacial score (nSPS) is 21.2. The lowest BCUT2D eigenvalue weighted by Gasteiger charge is -2.28. The molecule has 1 N–H and O–H groups in total. The van der Waals surface area contributed by atoms with E-state index in [1.165, 1.54) is 4.90 Å². The van der Waals surface area contributed by atoms with Crippen molar-refractivity contribution in [3.8, 4) is 0 Å². The highest BCUT2D eigenvalue weighted by Crippen LogP contribution is 2.22. The molecule has 0 spiro atoms. The van der Waals surface area contributed by atoms with Gasteiger partial charge >= 0.3 is 5.97 Å². The van der Waals surface area contributed by atoms with Crippen molar-refractivity contribution in [2.24, 2.45) is 13.0 Å². The monoisotopic (exact) mass is 223 g/mol. The Morgan fingerprint density at radius 3 is 2.94 bits per heavy atom. The Kier molecular flexibility index (Phi) is 2.64. The van der Waals surface area contributed by atoms with E-state index in [1.807, 2.05) is 0 Å². The molecular weight excluding hydrogens is 210 g/mol. The third-order valence-electron chi connectivity index (χ3n) is 2.74. The second-order valence-corrected chi connectivity index (χ2v) is 3.93. The molecule has 1 aromatic heterocycles. The van der Waals surface area contributed by atoms with Crippen molar-refractivity contribution >= 4 is 17.7 Å². The van der Waals surface area contributed by atoms with Gasteiger partial charge in [-0.25, -0.2) is 0 Å². The molecule has 1 amide bonds. The van der Waals surface area contributed by atoms with Crippen LogP contribution in [0, 0.1) is 5.92 Å². The maximum atomic E-state index is 11.7. The summed E-state index contributed by atoms with van der Waals surface area (Å²) in [5.74, 6) is -0.872. The number of carbonyl (C=O) groups excluding carboxylic acids is 1. The highest BCUT2D eigenvalue weighted by atomic mass is 16.4. The number of hydrogen-bond acceptors (Lipinski definition) is 3. The first-order valence-electron chi connectivity index (χ1n) is 5.11. The van der Waals surface area contributed by atoms with Gasteiger partial charge in [-0.05, 0) is 6.42 Å². The molecule has 0 radical (unpaired) electrons. The maximum Gasteiger partial charge on any atom is 0.308 e. The molecule has 86 valence electrons. The third kappa shape index (κ3) is 1.91. The van der Waals surface area contributed by atoms with Gasteiger partial charge < -0.3 is 5.11 Å². The van der Waals surface area contributed by atoms with Crippen molar-refractivity contribution in [1.29, 1.82) is 0 Å². The van der Waals surface area contributed by atoms with Gasteiger partial charge in [-0.2, -0.15) is 5.10 Å². The van der Waals surface area contributed by atoms with Crippen LogP contribution in [0.5, 0.6) is 0 Å². The quantitative estimate of drug-likeness (QED) is 0.779. The van der Waals surface area contributed by atoms with Crippen molar-refractivity contribution in [2.45, 2.75) is 12.8 Å². The lowest BCUT2D eigenvalue weighted by Crippen LogP contribution is -2.42. The Hall–Kier alpha value is -1.85. The molecule has 1 aromatic rings. The van der Waals surface area contributed by atoms with Crippen LogP contribution in [0.3, 0.4) is 0 Å². The van der Waals surface area contributed by atoms with Gasteiger partial charge in [-0.1, -0.05) is 0 Å². The number of nitrogens with zero attached hydrogens (tertiary/aromatic N) is 3. The summed E-state index contributed by atoms with van der Waals surface area (Å²) in [6, 6.07) is 1.71. The van der Waals surface area contributed by atoms with Gasteiger partial charge in [0.05, 0.1) is 5.92 Å². The molecule has 2 rings (SSSR count). The maximum absolute atomic E-state index is 11.7. The molecule has 1 atom stereocenters. The van der Waals surface area contributed by atoms with Crippen LogP contribution in [-0.4, -0.2) is 33.3 Å². The second kappa shape index (κ2) is 3.96. The highest BCUT2D eigenvalue weighted by molar-refractivity contribution is 5.94. The van der Waals surface area contributed by atoms with E-state index < -0.39 is 11.9 Å². The fourth-order valence-electron chi connectivity index (χ4n) is 1.82. The van der Waals surface area contributed by atoms with Crippen LogP contribution in [0.4, 0.5) is 5.82 Å². The number of piperidine rings is 1. The zero-order valence-electron chi connectivity index (χ0n) is 8.96. The molecule has 1 saturated heterocycles. The smallest absolute Gasteiger partial charge is 0.308 e. The number of carboxylic acids is 1. The van der Waals surface area contributed by atoms with Gasteiger partial charge in [0, 0.05) is 32.3 Å². The third-order valence-corrected chi connectivity index (χ3v) is 2.74. The molecule has 6 nitrogen and oxygen atoms in total. The van der Waals surface area contributed by atoms with E-state index >= 15 is 0 Å². The predicted molar refractivity (Wildman–Crippen MR) is 55.9 cm³/mol. The van der Waals surface area contributed by atoms with Crippen molar-refractivity contribution in [3.63, 3.8) is 0 Å². The summed E-state index contributed by atoms with van der Waals surface area (Å²) in [4.78, 5) is 24.0. The van der Waals surface area contributed by atoms with E-state index in [4.69, 9.17) is 5.11 Å². The number of aromatic nitrogens is 2. The van der Waals surface area contributed by atoms with E-state index in [2.05, 4.69) is 5.10 Å². The average Bonchev–Trinajstić information content (AvgIpc) is 2.65. The number of hydrogen-bond donors (Lipinski definition) is 1. The SMILES string of the molecule is Cn1ccc(N2CC(C(=O)O)CCC2=O)n1. The van der Waals surface area contributed by atoms with Gasteiger partial charge in [-0.15, -0.1) is 0 Å². The number of carboxylic acid groups (broad SMARTS) is 1. The molecule has 0 aliphatic carbocycles. The lowest BCUT2D eigenvalue weighted by atomic mass is 9.98. The van der Waals surface area contributed by atoms with E-state index in [9.17, 15) is 9.59 Å². The summed E-state index contributed by atoms with van der Waals surface area (Å²) in [5, 5.41) is 13.0. The lowest BCUT2D eigenvalue weighted by molar-refractivity contribution is -0.142. The molecule has 1 aliphatic rings. The summed E-state index contributed by atoms with van der Waals surface area (Å²) in [6.07, 6.45) is 2.41. The van der Waals surface area contributed by atoms with Crippen LogP contribution in [0.1, 0.15) is 12.8 Å². The first kappa shape index (κ1) is 10.7. The van der Waals surface area contributed by atoms with Crippen molar-refractivity contribution in [1.82, 2.24) is 9.78 Å². The minimum absolute atomic E-state index is 0.0591. The van der Waals surface area contributed by atoms with E-state index in [-0.39, 0.29) is 18.9 Å². The standard InChI is InChI=1S/C10H13N3O3/c1-12-5-4-8(11-12)13-6-7(10(15)16)2-3-9(13)14/h4-5,7H,2-3,6H2,1H3,(H,15,16). The van der Waals surface area contributed by atoms with Crippen molar-refractivity contribution in [2.75, 3.05) is 11.4 Å². The van der Waals surface area contributed by atoms with Crippen LogP contribution in [0.15, 0.2) is 12.3 Å². The summed E-state index contributed by atoms with van der Waals surface area (Å²) in [7, 11) is 1.76. The molecule has 6 heteroatoms. The minimum Gasteiger partial charge on any atom is -0.481 e. The summed E-state index contributed by atoms with van der Waals surface area (Å²) in [5.41, 5.74) is 0. The fourth-order valence-corrected chi connectivity index (χ4v) is 1.82. The van der Waals surface area contributed by atoms with E-state index in [0.717, 1.165) is 0 Å². The average molecular weight is 223 g/mol. The Morgan fingerprint density at radius 1 is 1.62 bits per heavy atom. The van der Waals surface area contributed by atoms with Crippen LogP contribution < -0.4 is 4.90 Å². The Bertz CT molecular complexity index is 427. The first-order chi connectivity index (χ1) is 7.58. The molecular formula is C10H13N3O3. The van der Waals surface area contributed by atoms with Crippen LogP contribution in [0.2, 0.25) is 0 Å². The number of rotatable bonds is 2. The number of aryl methyl sites for hydroxylation is 1. The molecule has 16 heavy (non-hydrogen) atoms. The Labute approximate surface area is 92.5 Å². The van der Waals surface area contributed by atoms with E-state index in [0.29, 0.717) is 12.2 Å². The van der Waals surface area contributed by atoms with Crippen LogP contribution in [0.25, 0.3) is 0 Å². The van der Waals surface area contributed by atoms with Gasteiger partial charge in [0.25, 0.3) is 0 Å². The predicted octanol–water partition coefficient (Wildman–Crippen LogP) is 0.248. The zero-order valence-corrected chi connectivity index (χ0v) is 8.96. The Morgan fingerprint density at radius 2 is 2.38 bits per heavy atom. The highest BCUT2D eigenvalue weighted by Gasteiger charge is 2.31. The Balaban J connectivity index is 2.19. The minimum atomic E-state index is -0.853. The summed E-state index contributed by atoms with van der Waals surface area (Å²) in [6.45, 7) is 0.213. The molecule has 0 aromatic carbocycles. The van der Waals surface area contributed by atoms with Crippen LogP contribution >= 0.6 is 0 Å². The first-order valence-corrected chi connectivity index (χ1v) is 5.11. The molecule has 1 aliphatic heterocycles. The second-order valence-electron chi connectivity index (χ2n) is 3.93. The van der Waals surface area contributed by atoms with Crippen molar-refractivity contribution in [3.05, 3.63) is 12.3 Å². The van der Waals surface area contributed by atoms with Gasteiger partial charge in [0.2, 0.25) is 5.91 Å². The fraction of sp³-hybridized carbons (Fsp3) is 0.500. The van der Waals surface area contributed by atoms with E-state index in [1.54, 1.807) is 24.0 Å². The van der Waals surface area contributed by atoms with Gasteiger partial charge in [0.15, 0.2) is 5.82 Å². The largest absolute Gasteiger partial charge is 0.481 e. The zero-order chi connectivity index (χ0) is 11.7. The molecule has 0 saturated carbocycles. The number of anilines is 1. The van der Waals surface area contributed by atoms with Gasteiger partial charge in [-0.3, -0.25) is 19.2 Å². The number of aliphatic carboxylic acids is 1. The molecule has 1 fully saturated rings. The molecule has 1 unspecified atom stereocenters. The van der Waals surface area contributed by atoms with Gasteiger partial charge in [0.1, 0.15) is 0 Å². The van der Waals surface area contributed by atoms with Crippen LogP contribution in [-0.2, 0) is 16.6 Å². The number of amides is 1.